The number of imide groups is 1. The Kier molecular flexibility index (Phi) is 6.48. The molecule has 0 bridgehead atoms. The summed E-state index contributed by atoms with van der Waals surface area (Å²) in [5.74, 6) is -1.42. The monoisotopic (exact) mass is 527 g/mol. The number of hydrogen-bond donors (Lipinski definition) is 1. The number of hydrogen-bond acceptors (Lipinski definition) is 7. The number of nitrogens with zero attached hydrogens (tertiary/aromatic N) is 2. The van der Waals surface area contributed by atoms with Crippen molar-refractivity contribution in [3.63, 3.8) is 0 Å². The minimum Gasteiger partial charge on any atom is -0.496 e. The van der Waals surface area contributed by atoms with Crippen LogP contribution in [0.4, 0.5) is 5.69 Å². The lowest BCUT2D eigenvalue weighted by Gasteiger charge is -2.29. The molecule has 2 aliphatic heterocycles. The van der Waals surface area contributed by atoms with Gasteiger partial charge < -0.3 is 9.47 Å². The number of para-hydroxylation sites is 1. The number of nitrogens with one attached hydrogen (secondary N) is 1. The molecule has 9 nitrogen and oxygen atoms in total. The number of thiocarbonyl (C=S) groups is 1. The average Bonchev–Trinajstić information content (AvgIpc) is 3.16. The predicted octanol–water partition coefficient (Wildman–Crippen LogP) is 3.33. The van der Waals surface area contributed by atoms with Gasteiger partial charge in [0.2, 0.25) is 0 Å². The molecule has 0 aromatic heterocycles. The van der Waals surface area contributed by atoms with E-state index in [1.807, 2.05) is 0 Å². The molecule has 0 unspecified atom stereocenters. The van der Waals surface area contributed by atoms with Gasteiger partial charge >= 0.3 is 0 Å². The highest BCUT2D eigenvalue weighted by Gasteiger charge is 2.37. The molecular weight excluding hydrogens is 506 g/mol. The second-order valence-corrected chi connectivity index (χ2v) is 8.83. The molecule has 0 radical (unpaired) electrons. The highest BCUT2D eigenvalue weighted by molar-refractivity contribution is 7.80. The summed E-state index contributed by atoms with van der Waals surface area (Å²) in [6.07, 6.45) is 1.39. The zero-order chi connectivity index (χ0) is 27.0. The molecule has 0 aliphatic carbocycles. The maximum absolute atomic E-state index is 13.4. The smallest absolute Gasteiger partial charge is 0.270 e. The van der Waals surface area contributed by atoms with Gasteiger partial charge in [0, 0.05) is 17.2 Å². The maximum Gasteiger partial charge on any atom is 0.270 e. The molecule has 1 fully saturated rings. The molecule has 2 heterocycles. The summed E-state index contributed by atoms with van der Waals surface area (Å²) >= 11 is 5.25. The minimum absolute atomic E-state index is 0.0311. The van der Waals surface area contributed by atoms with Crippen molar-refractivity contribution in [2.24, 2.45) is 0 Å². The molecule has 190 valence electrons. The maximum atomic E-state index is 13.4. The van der Waals surface area contributed by atoms with E-state index in [1.165, 1.54) is 25.2 Å². The number of carbonyl (C=O) groups is 4. The number of amides is 4. The summed E-state index contributed by atoms with van der Waals surface area (Å²) in [5, 5.41) is 2.52. The first-order valence-electron chi connectivity index (χ1n) is 11.5. The largest absolute Gasteiger partial charge is 0.496 e. The summed E-state index contributed by atoms with van der Waals surface area (Å²) in [6, 6.07) is 18.5. The first-order valence-corrected chi connectivity index (χ1v) is 11.9. The lowest BCUT2D eigenvalue weighted by molar-refractivity contribution is -0.122. The van der Waals surface area contributed by atoms with E-state index in [1.54, 1.807) is 66.7 Å². The number of anilines is 1. The Hall–Kier alpha value is -4.83. The van der Waals surface area contributed by atoms with Gasteiger partial charge in [0.1, 0.15) is 17.1 Å². The number of methoxy groups -OCH3 is 2. The Bertz CT molecular complexity index is 1510. The summed E-state index contributed by atoms with van der Waals surface area (Å²) in [5.41, 5.74) is 1.84. The Labute approximate surface area is 223 Å². The quantitative estimate of drug-likeness (QED) is 0.227. The lowest BCUT2D eigenvalue weighted by atomic mass is 10.0. The van der Waals surface area contributed by atoms with E-state index < -0.39 is 23.6 Å². The van der Waals surface area contributed by atoms with Gasteiger partial charge in [0.15, 0.2) is 5.11 Å². The molecular formula is C28H21N3O6S. The summed E-state index contributed by atoms with van der Waals surface area (Å²) in [6.45, 7) is -0.0872. The Balaban J connectivity index is 1.54. The number of ether oxygens (including phenoxy) is 2. The third kappa shape index (κ3) is 4.20. The van der Waals surface area contributed by atoms with Crippen LogP contribution in [0.5, 0.6) is 11.5 Å². The molecule has 4 amide bonds. The zero-order valence-electron chi connectivity index (χ0n) is 20.4. The zero-order valence-corrected chi connectivity index (χ0v) is 21.2. The van der Waals surface area contributed by atoms with E-state index in [0.717, 1.165) is 4.90 Å². The molecule has 0 atom stereocenters. The average molecular weight is 528 g/mol. The van der Waals surface area contributed by atoms with Gasteiger partial charge in [-0.15, -0.1) is 0 Å². The Morgan fingerprint density at radius 1 is 0.816 bits per heavy atom. The van der Waals surface area contributed by atoms with Crippen LogP contribution < -0.4 is 19.7 Å². The van der Waals surface area contributed by atoms with Crippen molar-refractivity contribution < 1.29 is 28.7 Å². The summed E-state index contributed by atoms with van der Waals surface area (Å²) in [4.78, 5) is 54.4. The molecule has 0 saturated carbocycles. The van der Waals surface area contributed by atoms with Crippen LogP contribution in [0, 0.1) is 0 Å². The van der Waals surface area contributed by atoms with Crippen LogP contribution in [0.25, 0.3) is 6.08 Å². The van der Waals surface area contributed by atoms with Crippen LogP contribution in [0.3, 0.4) is 0 Å². The van der Waals surface area contributed by atoms with Gasteiger partial charge in [0.25, 0.3) is 23.6 Å². The van der Waals surface area contributed by atoms with E-state index in [4.69, 9.17) is 21.7 Å². The number of fused-ring (bicyclic) bond motifs is 1. The predicted molar refractivity (Wildman–Crippen MR) is 143 cm³/mol. The van der Waals surface area contributed by atoms with Gasteiger partial charge in [-0.3, -0.25) is 34.3 Å². The minimum atomic E-state index is -0.660. The topological polar surface area (TPSA) is 105 Å². The van der Waals surface area contributed by atoms with Crippen molar-refractivity contribution >= 4 is 52.7 Å². The molecule has 5 rings (SSSR count). The molecule has 10 heteroatoms. The highest BCUT2D eigenvalue weighted by atomic mass is 32.1. The Morgan fingerprint density at radius 3 is 2.03 bits per heavy atom. The van der Waals surface area contributed by atoms with Gasteiger partial charge in [-0.1, -0.05) is 30.3 Å². The van der Waals surface area contributed by atoms with E-state index in [9.17, 15) is 19.2 Å². The SMILES string of the molecule is COc1cc(OC)c(CN2C(=O)c3ccccc3C2=O)cc1/C=C1\C(=O)NC(=S)N(c2ccccc2)C1=O. The van der Waals surface area contributed by atoms with E-state index in [0.29, 0.717) is 39.4 Å². The van der Waals surface area contributed by atoms with Crippen molar-refractivity contribution in [1.29, 1.82) is 0 Å². The fourth-order valence-electron chi connectivity index (χ4n) is 4.41. The molecule has 3 aromatic carbocycles. The van der Waals surface area contributed by atoms with E-state index in [-0.39, 0.29) is 17.2 Å². The van der Waals surface area contributed by atoms with Gasteiger partial charge in [0.05, 0.1) is 37.6 Å². The van der Waals surface area contributed by atoms with Crippen LogP contribution in [0.15, 0.2) is 72.3 Å². The van der Waals surface area contributed by atoms with Crippen molar-refractivity contribution in [2.45, 2.75) is 6.54 Å². The van der Waals surface area contributed by atoms with Crippen molar-refractivity contribution in [1.82, 2.24) is 10.2 Å². The van der Waals surface area contributed by atoms with Crippen molar-refractivity contribution in [3.8, 4) is 11.5 Å². The van der Waals surface area contributed by atoms with Crippen LogP contribution in [0.1, 0.15) is 31.8 Å². The summed E-state index contributed by atoms with van der Waals surface area (Å²) in [7, 11) is 2.89. The molecule has 38 heavy (non-hydrogen) atoms. The van der Waals surface area contributed by atoms with Gasteiger partial charge in [-0.2, -0.15) is 0 Å². The number of carbonyl (C=O) groups excluding carboxylic acids is 4. The third-order valence-electron chi connectivity index (χ3n) is 6.26. The first kappa shape index (κ1) is 24.8. The van der Waals surface area contributed by atoms with Crippen LogP contribution in [-0.2, 0) is 16.1 Å². The fourth-order valence-corrected chi connectivity index (χ4v) is 4.69. The van der Waals surface area contributed by atoms with Gasteiger partial charge in [-0.25, -0.2) is 0 Å². The molecule has 0 spiro atoms. The van der Waals surface area contributed by atoms with Crippen LogP contribution in [0.2, 0.25) is 0 Å². The number of rotatable bonds is 6. The molecule has 1 saturated heterocycles. The third-order valence-corrected chi connectivity index (χ3v) is 6.54. The van der Waals surface area contributed by atoms with Crippen LogP contribution >= 0.6 is 12.2 Å². The van der Waals surface area contributed by atoms with E-state index in [2.05, 4.69) is 5.32 Å². The van der Waals surface area contributed by atoms with Crippen molar-refractivity contribution in [3.05, 3.63) is 94.6 Å². The summed E-state index contributed by atoms with van der Waals surface area (Å²) < 4.78 is 11.0. The van der Waals surface area contributed by atoms with Crippen LogP contribution in [-0.4, -0.2) is 47.9 Å². The van der Waals surface area contributed by atoms with Crippen molar-refractivity contribution in [2.75, 3.05) is 19.1 Å². The molecule has 3 aromatic rings. The standard InChI is InChI=1S/C28H21N3O6S/c1-36-22-14-23(37-2)17(15-30-25(33)19-10-6-7-11-20(19)26(30)34)12-16(22)13-21-24(32)29-28(38)31(27(21)35)18-8-4-3-5-9-18/h3-14H,15H2,1-2H3,(H,29,32,38)/b21-13+. The highest BCUT2D eigenvalue weighted by Crippen LogP contribution is 2.34. The normalized spacial score (nSPS) is 16.2. The second-order valence-electron chi connectivity index (χ2n) is 8.44. The molecule has 2 aliphatic rings. The molecule has 1 N–H and O–H groups in total. The fraction of sp³-hybridized carbons (Fsp3) is 0.107. The number of benzene rings is 3. The van der Waals surface area contributed by atoms with E-state index >= 15 is 0 Å². The second kappa shape index (κ2) is 9.91. The van der Waals surface area contributed by atoms with Gasteiger partial charge in [-0.05, 0) is 48.6 Å². The Morgan fingerprint density at radius 2 is 1.42 bits per heavy atom. The lowest BCUT2D eigenvalue weighted by Crippen LogP contribution is -2.54. The first-order chi connectivity index (χ1) is 18.3.